The first kappa shape index (κ1) is 18.6. The lowest BCUT2D eigenvalue weighted by molar-refractivity contribution is -0.114. The number of hydrogen-bond acceptors (Lipinski definition) is 3. The van der Waals surface area contributed by atoms with E-state index in [0.717, 1.165) is 21.9 Å². The highest BCUT2D eigenvalue weighted by atomic mass is 16.2. The minimum absolute atomic E-state index is 0.104. The lowest BCUT2D eigenvalue weighted by Crippen LogP contribution is -2.28. The van der Waals surface area contributed by atoms with E-state index in [-0.39, 0.29) is 24.4 Å². The lowest BCUT2D eigenvalue weighted by Gasteiger charge is -2.18. The zero-order valence-electron chi connectivity index (χ0n) is 15.5. The fourth-order valence-corrected chi connectivity index (χ4v) is 3.14. The van der Waals surface area contributed by atoms with Crippen LogP contribution in [0, 0.1) is 6.92 Å². The Bertz CT molecular complexity index is 993. The summed E-state index contributed by atoms with van der Waals surface area (Å²) in [4.78, 5) is 24.3. The number of carbonyl (C=O) groups excluding carboxylic acids is 2. The Hall–Kier alpha value is -3.18. The van der Waals surface area contributed by atoms with E-state index in [4.69, 9.17) is 5.73 Å². The topological polar surface area (TPSA) is 84.2 Å². The van der Waals surface area contributed by atoms with Crippen LogP contribution in [0.5, 0.6) is 0 Å². The van der Waals surface area contributed by atoms with Crippen molar-refractivity contribution in [1.82, 2.24) is 5.32 Å². The van der Waals surface area contributed by atoms with E-state index in [1.165, 1.54) is 0 Å². The maximum Gasteiger partial charge on any atom is 0.252 e. The first-order valence-corrected chi connectivity index (χ1v) is 8.88. The molecule has 27 heavy (non-hydrogen) atoms. The maximum absolute atomic E-state index is 12.8. The molecular formula is C22H23N3O2. The summed E-state index contributed by atoms with van der Waals surface area (Å²) in [6.07, 6.45) is 0. The third-order valence-corrected chi connectivity index (χ3v) is 4.59. The van der Waals surface area contributed by atoms with Gasteiger partial charge in [0, 0.05) is 11.3 Å². The Balaban J connectivity index is 1.84. The molecule has 0 aliphatic carbocycles. The van der Waals surface area contributed by atoms with Crippen molar-refractivity contribution in [3.63, 3.8) is 0 Å². The monoisotopic (exact) mass is 361 g/mol. The standard InChI is InChI=1S/C22H23N3O2/c1-14-10-11-17(25-21(26)13-23)12-20(14)22(27)24-15(2)18-9-5-7-16-6-3-4-8-19(16)18/h3-12,15H,13,23H2,1-2H3,(H,24,27)(H,25,26)/t15-/m1/s1. The van der Waals surface area contributed by atoms with Crippen molar-refractivity contribution in [2.75, 3.05) is 11.9 Å². The quantitative estimate of drug-likeness (QED) is 0.650. The van der Waals surface area contributed by atoms with Crippen LogP contribution in [0.1, 0.15) is 34.5 Å². The number of carbonyl (C=O) groups is 2. The van der Waals surface area contributed by atoms with Crippen molar-refractivity contribution in [3.05, 3.63) is 77.4 Å². The van der Waals surface area contributed by atoms with Crippen molar-refractivity contribution in [2.45, 2.75) is 19.9 Å². The number of anilines is 1. The highest BCUT2D eigenvalue weighted by Gasteiger charge is 2.16. The lowest BCUT2D eigenvalue weighted by atomic mass is 9.99. The minimum atomic E-state index is -0.297. The van der Waals surface area contributed by atoms with Gasteiger partial charge in [-0.25, -0.2) is 0 Å². The van der Waals surface area contributed by atoms with Crippen LogP contribution < -0.4 is 16.4 Å². The summed E-state index contributed by atoms with van der Waals surface area (Å²) in [5.74, 6) is -0.480. The summed E-state index contributed by atoms with van der Waals surface area (Å²) in [5, 5.41) is 8.00. The van der Waals surface area contributed by atoms with Gasteiger partial charge >= 0.3 is 0 Å². The molecule has 5 heteroatoms. The zero-order valence-corrected chi connectivity index (χ0v) is 15.5. The van der Waals surface area contributed by atoms with Gasteiger partial charge < -0.3 is 16.4 Å². The predicted molar refractivity (Wildman–Crippen MR) is 109 cm³/mol. The Morgan fingerprint density at radius 3 is 2.56 bits per heavy atom. The molecule has 2 amide bonds. The van der Waals surface area contributed by atoms with Gasteiger partial charge in [-0.05, 0) is 47.9 Å². The van der Waals surface area contributed by atoms with Gasteiger partial charge in [-0.1, -0.05) is 48.5 Å². The van der Waals surface area contributed by atoms with Crippen LogP contribution >= 0.6 is 0 Å². The van der Waals surface area contributed by atoms with E-state index >= 15 is 0 Å². The fraction of sp³-hybridized carbons (Fsp3) is 0.182. The van der Waals surface area contributed by atoms with Gasteiger partial charge in [-0.2, -0.15) is 0 Å². The highest BCUT2D eigenvalue weighted by molar-refractivity contribution is 5.99. The average molecular weight is 361 g/mol. The van der Waals surface area contributed by atoms with Gasteiger partial charge in [0.15, 0.2) is 0 Å². The number of rotatable bonds is 5. The molecule has 3 rings (SSSR count). The Morgan fingerprint density at radius 1 is 1.04 bits per heavy atom. The Kier molecular flexibility index (Phi) is 5.52. The van der Waals surface area contributed by atoms with Crippen molar-refractivity contribution in [2.24, 2.45) is 5.73 Å². The minimum Gasteiger partial charge on any atom is -0.345 e. The fourth-order valence-electron chi connectivity index (χ4n) is 3.14. The van der Waals surface area contributed by atoms with Crippen LogP contribution in [0.4, 0.5) is 5.69 Å². The normalized spacial score (nSPS) is 11.8. The third-order valence-electron chi connectivity index (χ3n) is 4.59. The number of benzene rings is 3. The molecular weight excluding hydrogens is 338 g/mol. The summed E-state index contributed by atoms with van der Waals surface area (Å²) in [6.45, 7) is 3.73. The molecule has 0 heterocycles. The molecule has 1 atom stereocenters. The van der Waals surface area contributed by atoms with Crippen LogP contribution in [-0.2, 0) is 4.79 Å². The third kappa shape index (κ3) is 4.15. The van der Waals surface area contributed by atoms with Gasteiger partial charge in [0.1, 0.15) is 0 Å². The number of hydrogen-bond donors (Lipinski definition) is 3. The molecule has 0 aliphatic heterocycles. The zero-order chi connectivity index (χ0) is 19.4. The Morgan fingerprint density at radius 2 is 1.78 bits per heavy atom. The van der Waals surface area contributed by atoms with Crippen molar-refractivity contribution >= 4 is 28.3 Å². The van der Waals surface area contributed by atoms with E-state index in [1.807, 2.05) is 44.2 Å². The second-order valence-electron chi connectivity index (χ2n) is 6.55. The molecule has 0 aliphatic rings. The second-order valence-corrected chi connectivity index (χ2v) is 6.55. The summed E-state index contributed by atoms with van der Waals surface area (Å²) in [6, 6.07) is 19.3. The van der Waals surface area contributed by atoms with Crippen LogP contribution in [0.15, 0.2) is 60.7 Å². The molecule has 138 valence electrons. The summed E-state index contributed by atoms with van der Waals surface area (Å²) in [5.41, 5.74) is 8.31. The molecule has 0 bridgehead atoms. The number of aryl methyl sites for hydroxylation is 1. The van der Waals surface area contributed by atoms with Crippen molar-refractivity contribution in [3.8, 4) is 0 Å². The molecule has 0 spiro atoms. The number of fused-ring (bicyclic) bond motifs is 1. The first-order valence-electron chi connectivity index (χ1n) is 8.88. The molecule has 3 aromatic rings. The maximum atomic E-state index is 12.8. The van der Waals surface area contributed by atoms with E-state index in [0.29, 0.717) is 11.3 Å². The van der Waals surface area contributed by atoms with Crippen molar-refractivity contribution in [1.29, 1.82) is 0 Å². The molecule has 0 aromatic heterocycles. The van der Waals surface area contributed by atoms with Gasteiger partial charge in [-0.15, -0.1) is 0 Å². The second kappa shape index (κ2) is 8.01. The molecule has 5 nitrogen and oxygen atoms in total. The van der Waals surface area contributed by atoms with E-state index in [2.05, 4.69) is 28.8 Å². The first-order chi connectivity index (χ1) is 13.0. The van der Waals surface area contributed by atoms with E-state index in [9.17, 15) is 9.59 Å². The molecule has 4 N–H and O–H groups in total. The molecule has 3 aromatic carbocycles. The van der Waals surface area contributed by atoms with Gasteiger partial charge in [0.25, 0.3) is 5.91 Å². The van der Waals surface area contributed by atoms with Crippen LogP contribution in [0.25, 0.3) is 10.8 Å². The average Bonchev–Trinajstić information content (AvgIpc) is 2.68. The predicted octanol–water partition coefficient (Wildman–Crippen LogP) is 3.54. The van der Waals surface area contributed by atoms with Crippen LogP contribution in [0.3, 0.4) is 0 Å². The molecule has 0 saturated carbocycles. The number of nitrogens with one attached hydrogen (secondary N) is 2. The van der Waals surface area contributed by atoms with Crippen molar-refractivity contribution < 1.29 is 9.59 Å². The highest BCUT2D eigenvalue weighted by Crippen LogP contribution is 2.25. The summed E-state index contributed by atoms with van der Waals surface area (Å²) in [7, 11) is 0. The molecule has 0 unspecified atom stereocenters. The summed E-state index contributed by atoms with van der Waals surface area (Å²) < 4.78 is 0. The number of nitrogens with two attached hydrogens (primary N) is 1. The van der Waals surface area contributed by atoms with Crippen LogP contribution in [-0.4, -0.2) is 18.4 Å². The molecule has 0 fully saturated rings. The largest absolute Gasteiger partial charge is 0.345 e. The van der Waals surface area contributed by atoms with Crippen LogP contribution in [0.2, 0.25) is 0 Å². The number of amides is 2. The summed E-state index contributed by atoms with van der Waals surface area (Å²) >= 11 is 0. The Labute approximate surface area is 158 Å². The molecule has 0 saturated heterocycles. The molecule has 0 radical (unpaired) electrons. The van der Waals surface area contributed by atoms with E-state index < -0.39 is 0 Å². The van der Waals surface area contributed by atoms with Gasteiger partial charge in [0.05, 0.1) is 12.6 Å². The van der Waals surface area contributed by atoms with E-state index in [1.54, 1.807) is 12.1 Å². The van der Waals surface area contributed by atoms with Gasteiger partial charge in [0.2, 0.25) is 5.91 Å². The van der Waals surface area contributed by atoms with Gasteiger partial charge in [-0.3, -0.25) is 9.59 Å². The smallest absolute Gasteiger partial charge is 0.252 e. The SMILES string of the molecule is Cc1ccc(NC(=O)CN)cc1C(=O)N[C@H](C)c1cccc2ccccc12.